The van der Waals surface area contributed by atoms with Crippen molar-refractivity contribution in [2.24, 2.45) is 0 Å². The van der Waals surface area contributed by atoms with Gasteiger partial charge in [0.05, 0.1) is 24.7 Å². The van der Waals surface area contributed by atoms with Gasteiger partial charge in [-0.05, 0) is 12.5 Å². The smallest absolute Gasteiger partial charge is 0.314 e. The third-order valence-corrected chi connectivity index (χ3v) is 2.64. The molecule has 0 amide bonds. The molecule has 0 aromatic heterocycles. The second kappa shape index (κ2) is 6.44. The summed E-state index contributed by atoms with van der Waals surface area (Å²) in [5.41, 5.74) is -0.384. The van der Waals surface area contributed by atoms with Gasteiger partial charge in [-0.2, -0.15) is 0 Å². The Balaban J connectivity index is 1.93. The van der Waals surface area contributed by atoms with E-state index in [9.17, 15) is 14.5 Å². The average molecular weight is 271 g/mol. The number of nitro groups is 1. The molecule has 0 spiro atoms. The normalized spacial score (nSPS) is 16.3. The van der Waals surface area contributed by atoms with Crippen LogP contribution in [0.1, 0.15) is 12.8 Å². The molecule has 7 heteroatoms. The first-order valence-electron chi connectivity index (χ1n) is 5.97. The van der Waals surface area contributed by atoms with Gasteiger partial charge >= 0.3 is 5.69 Å². The van der Waals surface area contributed by atoms with Gasteiger partial charge in [-0.1, -0.05) is 6.07 Å². The highest BCUT2D eigenvalue weighted by Crippen LogP contribution is 2.29. The molecule has 0 radical (unpaired) electrons. The lowest BCUT2D eigenvalue weighted by Gasteiger charge is -2.23. The lowest BCUT2D eigenvalue weighted by molar-refractivity contribution is -0.386. The summed E-state index contributed by atoms with van der Waals surface area (Å²) in [4.78, 5) is 10.1. The number of para-hydroxylation sites is 1. The third kappa shape index (κ3) is 3.62. The number of ether oxygens (including phenoxy) is 3. The zero-order valence-electron chi connectivity index (χ0n) is 10.2. The van der Waals surface area contributed by atoms with Crippen molar-refractivity contribution in [2.45, 2.75) is 19.1 Å². The molecule has 1 aliphatic heterocycles. The molecule has 1 saturated heterocycles. The predicted molar refractivity (Wildman–Crippen MR) is 63.5 cm³/mol. The fraction of sp³-hybridized carbons (Fsp3) is 0.500. The number of halogens is 1. The first-order chi connectivity index (χ1) is 9.18. The van der Waals surface area contributed by atoms with Crippen LogP contribution in [0.25, 0.3) is 0 Å². The summed E-state index contributed by atoms with van der Waals surface area (Å²) in [5.74, 6) is -1.09. The maximum absolute atomic E-state index is 13.5. The van der Waals surface area contributed by atoms with Gasteiger partial charge in [0.25, 0.3) is 0 Å². The van der Waals surface area contributed by atoms with Crippen molar-refractivity contribution < 1.29 is 23.5 Å². The Labute approximate surface area is 109 Å². The Morgan fingerprint density at radius 3 is 2.84 bits per heavy atom. The van der Waals surface area contributed by atoms with E-state index in [0.29, 0.717) is 19.6 Å². The Morgan fingerprint density at radius 2 is 2.16 bits per heavy atom. The maximum Gasteiger partial charge on any atom is 0.314 e. The lowest BCUT2D eigenvalue weighted by atomic mass is 10.3. The minimum atomic E-state index is -0.750. The summed E-state index contributed by atoms with van der Waals surface area (Å²) >= 11 is 0. The van der Waals surface area contributed by atoms with Crippen molar-refractivity contribution in [3.05, 3.63) is 34.1 Å². The molecule has 1 heterocycles. The molecule has 0 unspecified atom stereocenters. The Kier molecular flexibility index (Phi) is 4.64. The summed E-state index contributed by atoms with van der Waals surface area (Å²) in [5, 5.41) is 10.7. The topological polar surface area (TPSA) is 70.8 Å². The van der Waals surface area contributed by atoms with Crippen molar-refractivity contribution >= 4 is 5.69 Å². The van der Waals surface area contributed by atoms with E-state index in [1.165, 1.54) is 12.1 Å². The largest absolute Gasteiger partial charge is 0.485 e. The fourth-order valence-corrected chi connectivity index (χ4v) is 1.74. The quantitative estimate of drug-likeness (QED) is 0.606. The van der Waals surface area contributed by atoms with E-state index in [1.54, 1.807) is 0 Å². The van der Waals surface area contributed by atoms with Gasteiger partial charge in [0.2, 0.25) is 5.75 Å². The van der Waals surface area contributed by atoms with Gasteiger partial charge in [0, 0.05) is 12.5 Å². The van der Waals surface area contributed by atoms with E-state index in [0.717, 1.165) is 12.5 Å². The van der Waals surface area contributed by atoms with Gasteiger partial charge in [0.15, 0.2) is 12.1 Å². The van der Waals surface area contributed by atoms with Gasteiger partial charge in [-0.15, -0.1) is 0 Å². The van der Waals surface area contributed by atoms with Crippen LogP contribution in [-0.2, 0) is 9.47 Å². The Morgan fingerprint density at radius 1 is 1.42 bits per heavy atom. The number of hydrogen-bond donors (Lipinski definition) is 0. The molecular formula is C12H14FNO5. The van der Waals surface area contributed by atoms with Crippen LogP contribution in [0, 0.1) is 15.9 Å². The number of benzene rings is 1. The Bertz CT molecular complexity index is 448. The number of hydrogen-bond acceptors (Lipinski definition) is 5. The predicted octanol–water partition coefficient (Wildman–Crippen LogP) is 2.27. The standard InChI is InChI=1S/C12H14FNO5/c13-9-3-1-4-10(14(15)16)12(9)19-8-5-11-17-6-2-7-18-11/h1,3-4,11H,2,5-8H2. The minimum Gasteiger partial charge on any atom is -0.485 e. The van der Waals surface area contributed by atoms with Gasteiger partial charge in [0.1, 0.15) is 0 Å². The van der Waals surface area contributed by atoms with E-state index in [-0.39, 0.29) is 24.3 Å². The van der Waals surface area contributed by atoms with Crippen LogP contribution in [0.2, 0.25) is 0 Å². The first kappa shape index (κ1) is 13.7. The van der Waals surface area contributed by atoms with Crippen LogP contribution in [0.4, 0.5) is 10.1 Å². The molecule has 0 N–H and O–H groups in total. The molecule has 1 fully saturated rings. The summed E-state index contributed by atoms with van der Waals surface area (Å²) in [6.45, 7) is 1.32. The van der Waals surface area contributed by atoms with Crippen LogP contribution in [0.5, 0.6) is 5.75 Å². The zero-order valence-corrected chi connectivity index (χ0v) is 10.2. The van der Waals surface area contributed by atoms with E-state index in [2.05, 4.69) is 0 Å². The van der Waals surface area contributed by atoms with E-state index < -0.39 is 10.7 Å². The molecule has 2 rings (SSSR count). The molecule has 19 heavy (non-hydrogen) atoms. The molecule has 0 saturated carbocycles. The van der Waals surface area contributed by atoms with Crippen LogP contribution >= 0.6 is 0 Å². The van der Waals surface area contributed by atoms with E-state index >= 15 is 0 Å². The van der Waals surface area contributed by atoms with Crippen molar-refractivity contribution in [1.82, 2.24) is 0 Å². The van der Waals surface area contributed by atoms with Crippen LogP contribution < -0.4 is 4.74 Å². The molecule has 0 atom stereocenters. The Hall–Kier alpha value is -1.73. The number of nitrogens with zero attached hydrogens (tertiary/aromatic N) is 1. The lowest BCUT2D eigenvalue weighted by Crippen LogP contribution is -2.26. The molecule has 1 aromatic carbocycles. The average Bonchev–Trinajstić information content (AvgIpc) is 2.41. The SMILES string of the molecule is O=[N+]([O-])c1cccc(F)c1OCCC1OCCCO1. The third-order valence-electron chi connectivity index (χ3n) is 2.64. The fourth-order valence-electron chi connectivity index (χ4n) is 1.74. The number of rotatable bonds is 5. The van der Waals surface area contributed by atoms with Crippen molar-refractivity contribution in [3.8, 4) is 5.75 Å². The van der Waals surface area contributed by atoms with Gasteiger partial charge < -0.3 is 14.2 Å². The highest BCUT2D eigenvalue weighted by atomic mass is 19.1. The summed E-state index contributed by atoms with van der Waals surface area (Å²) in [6, 6.07) is 3.59. The molecule has 1 aliphatic rings. The molecule has 0 bridgehead atoms. The van der Waals surface area contributed by atoms with Gasteiger partial charge in [-0.3, -0.25) is 10.1 Å². The highest BCUT2D eigenvalue weighted by molar-refractivity contribution is 5.46. The van der Waals surface area contributed by atoms with Crippen LogP contribution in [0.15, 0.2) is 18.2 Å². The minimum absolute atomic E-state index is 0.0897. The molecule has 0 aliphatic carbocycles. The second-order valence-corrected chi connectivity index (χ2v) is 4.01. The van der Waals surface area contributed by atoms with E-state index in [4.69, 9.17) is 14.2 Å². The van der Waals surface area contributed by atoms with Crippen molar-refractivity contribution in [2.75, 3.05) is 19.8 Å². The molecule has 1 aromatic rings. The van der Waals surface area contributed by atoms with E-state index in [1.807, 2.05) is 0 Å². The van der Waals surface area contributed by atoms with Crippen molar-refractivity contribution in [1.29, 1.82) is 0 Å². The van der Waals surface area contributed by atoms with Crippen LogP contribution in [0.3, 0.4) is 0 Å². The molecular weight excluding hydrogens is 257 g/mol. The zero-order chi connectivity index (χ0) is 13.7. The van der Waals surface area contributed by atoms with Crippen molar-refractivity contribution in [3.63, 3.8) is 0 Å². The summed E-state index contributed by atoms with van der Waals surface area (Å²) in [6.07, 6.45) is 0.848. The summed E-state index contributed by atoms with van der Waals surface area (Å²) in [7, 11) is 0. The number of nitro benzene ring substituents is 1. The molecule has 6 nitrogen and oxygen atoms in total. The first-order valence-corrected chi connectivity index (χ1v) is 5.97. The maximum atomic E-state index is 13.5. The summed E-state index contributed by atoms with van der Waals surface area (Å²) < 4.78 is 29.2. The monoisotopic (exact) mass is 271 g/mol. The van der Waals surface area contributed by atoms with Gasteiger partial charge in [-0.25, -0.2) is 4.39 Å². The second-order valence-electron chi connectivity index (χ2n) is 4.01. The van der Waals surface area contributed by atoms with Crippen LogP contribution in [-0.4, -0.2) is 31.0 Å². The highest BCUT2D eigenvalue weighted by Gasteiger charge is 2.20. The molecule has 104 valence electrons.